The minimum absolute atomic E-state index is 0.246. The number of hydrogen-bond donors (Lipinski definition) is 0. The van der Waals surface area contributed by atoms with E-state index in [0.717, 1.165) is 16.7 Å². The third kappa shape index (κ3) is 3.58. The zero-order chi connectivity index (χ0) is 19.6. The van der Waals surface area contributed by atoms with E-state index in [1.807, 2.05) is 79.7 Å². The second-order valence-electron chi connectivity index (χ2n) is 6.99. The summed E-state index contributed by atoms with van der Waals surface area (Å²) >= 11 is 0. The SMILES string of the molecule is Cc1ccc(S(=O)(=O)N2C(c3ccccc3)=NCC2Cc2ccccc2)cc1. The van der Waals surface area contributed by atoms with Crippen LogP contribution in [0.2, 0.25) is 0 Å². The predicted octanol–water partition coefficient (Wildman–Crippen LogP) is 4.06. The average molecular weight is 391 g/mol. The van der Waals surface area contributed by atoms with Crippen molar-refractivity contribution in [3.8, 4) is 0 Å². The van der Waals surface area contributed by atoms with Crippen molar-refractivity contribution in [3.63, 3.8) is 0 Å². The van der Waals surface area contributed by atoms with Gasteiger partial charge in [-0.15, -0.1) is 0 Å². The van der Waals surface area contributed by atoms with E-state index in [9.17, 15) is 8.42 Å². The van der Waals surface area contributed by atoms with Crippen LogP contribution in [0.3, 0.4) is 0 Å². The molecule has 28 heavy (non-hydrogen) atoms. The largest absolute Gasteiger partial charge is 0.265 e. The lowest BCUT2D eigenvalue weighted by Gasteiger charge is -2.27. The van der Waals surface area contributed by atoms with Gasteiger partial charge in [0.15, 0.2) is 0 Å². The fourth-order valence-corrected chi connectivity index (χ4v) is 5.11. The Kier molecular flexibility index (Phi) is 5.01. The Bertz CT molecular complexity index is 1080. The Morgan fingerprint density at radius 1 is 0.893 bits per heavy atom. The minimum Gasteiger partial charge on any atom is -0.265 e. The molecule has 0 spiro atoms. The predicted molar refractivity (Wildman–Crippen MR) is 112 cm³/mol. The normalized spacial score (nSPS) is 16.8. The summed E-state index contributed by atoms with van der Waals surface area (Å²) in [5.74, 6) is 0.516. The van der Waals surface area contributed by atoms with E-state index in [4.69, 9.17) is 0 Å². The molecular weight excluding hydrogens is 368 g/mol. The lowest BCUT2D eigenvalue weighted by atomic mass is 10.1. The first kappa shape index (κ1) is 18.4. The van der Waals surface area contributed by atoms with Gasteiger partial charge in [0, 0.05) is 5.56 Å². The second-order valence-corrected chi connectivity index (χ2v) is 8.80. The average Bonchev–Trinajstić information content (AvgIpc) is 3.14. The van der Waals surface area contributed by atoms with Crippen molar-refractivity contribution in [3.05, 3.63) is 102 Å². The smallest absolute Gasteiger partial charge is 0.265 e. The van der Waals surface area contributed by atoms with E-state index in [-0.39, 0.29) is 6.04 Å². The molecule has 0 N–H and O–H groups in total. The highest BCUT2D eigenvalue weighted by Crippen LogP contribution is 2.28. The molecule has 5 heteroatoms. The summed E-state index contributed by atoms with van der Waals surface area (Å²) in [5.41, 5.74) is 2.94. The fourth-order valence-electron chi connectivity index (χ4n) is 3.48. The molecule has 1 atom stereocenters. The number of sulfonamides is 1. The molecule has 0 radical (unpaired) electrons. The lowest BCUT2D eigenvalue weighted by molar-refractivity contribution is 0.455. The van der Waals surface area contributed by atoms with Gasteiger partial charge >= 0.3 is 0 Å². The van der Waals surface area contributed by atoms with Crippen molar-refractivity contribution in [2.75, 3.05) is 6.54 Å². The zero-order valence-electron chi connectivity index (χ0n) is 15.7. The summed E-state index contributed by atoms with van der Waals surface area (Å²) in [6, 6.07) is 26.2. The first-order valence-electron chi connectivity index (χ1n) is 9.30. The van der Waals surface area contributed by atoms with Crippen LogP contribution in [0.1, 0.15) is 16.7 Å². The van der Waals surface area contributed by atoms with E-state index < -0.39 is 10.0 Å². The quantitative estimate of drug-likeness (QED) is 0.660. The molecule has 4 nitrogen and oxygen atoms in total. The number of nitrogens with zero attached hydrogens (tertiary/aromatic N) is 2. The van der Waals surface area contributed by atoms with Crippen LogP contribution in [0.15, 0.2) is 94.8 Å². The van der Waals surface area contributed by atoms with E-state index in [1.54, 1.807) is 12.1 Å². The van der Waals surface area contributed by atoms with Crippen molar-refractivity contribution >= 4 is 15.9 Å². The number of aliphatic imine (C=N–C) groups is 1. The molecule has 0 saturated carbocycles. The van der Waals surface area contributed by atoms with Crippen LogP contribution in [0.4, 0.5) is 0 Å². The Morgan fingerprint density at radius 2 is 1.50 bits per heavy atom. The molecule has 3 aromatic rings. The molecule has 0 bridgehead atoms. The molecule has 142 valence electrons. The molecule has 4 rings (SSSR count). The first-order valence-corrected chi connectivity index (χ1v) is 10.7. The maximum Gasteiger partial charge on any atom is 0.265 e. The van der Waals surface area contributed by atoms with E-state index >= 15 is 0 Å². The molecular formula is C23H22N2O2S. The minimum atomic E-state index is -3.72. The molecule has 0 amide bonds. The van der Waals surface area contributed by atoms with Crippen LogP contribution in [0.5, 0.6) is 0 Å². The zero-order valence-corrected chi connectivity index (χ0v) is 16.5. The Hall–Kier alpha value is -2.92. The van der Waals surface area contributed by atoms with Crippen LogP contribution >= 0.6 is 0 Å². The maximum atomic E-state index is 13.6. The van der Waals surface area contributed by atoms with Crippen LogP contribution in [-0.2, 0) is 16.4 Å². The molecule has 1 heterocycles. The van der Waals surface area contributed by atoms with E-state index in [2.05, 4.69) is 4.99 Å². The second kappa shape index (κ2) is 7.60. The van der Waals surface area contributed by atoms with Crippen LogP contribution in [0, 0.1) is 6.92 Å². The van der Waals surface area contributed by atoms with E-state index in [0.29, 0.717) is 23.7 Å². The van der Waals surface area contributed by atoms with Gasteiger partial charge in [0.25, 0.3) is 10.0 Å². The highest BCUT2D eigenvalue weighted by atomic mass is 32.2. The molecule has 3 aromatic carbocycles. The fraction of sp³-hybridized carbons (Fsp3) is 0.174. The third-order valence-corrected chi connectivity index (χ3v) is 6.77. The van der Waals surface area contributed by atoms with Gasteiger partial charge in [-0.3, -0.25) is 4.99 Å². The van der Waals surface area contributed by atoms with Crippen molar-refractivity contribution in [1.29, 1.82) is 0 Å². The monoisotopic (exact) mass is 390 g/mol. The Morgan fingerprint density at radius 3 is 2.14 bits per heavy atom. The summed E-state index contributed by atoms with van der Waals surface area (Å²) in [4.78, 5) is 4.93. The number of aryl methyl sites for hydroxylation is 1. The number of benzene rings is 3. The molecule has 1 aliphatic rings. The number of amidine groups is 1. The van der Waals surface area contributed by atoms with Gasteiger partial charge in [0.2, 0.25) is 0 Å². The standard InChI is InChI=1S/C23H22N2O2S/c1-18-12-14-22(15-13-18)28(26,27)25-21(16-19-8-4-2-5-9-19)17-24-23(25)20-10-6-3-7-11-20/h2-15,21H,16-17H2,1H3. The van der Waals surface area contributed by atoms with Crippen LogP contribution < -0.4 is 0 Å². The van der Waals surface area contributed by atoms with Gasteiger partial charge in [-0.25, -0.2) is 12.7 Å². The highest BCUT2D eigenvalue weighted by molar-refractivity contribution is 7.89. The summed E-state index contributed by atoms with van der Waals surface area (Å²) in [7, 11) is -3.72. The van der Waals surface area contributed by atoms with Crippen molar-refractivity contribution in [2.45, 2.75) is 24.3 Å². The van der Waals surface area contributed by atoms with Crippen molar-refractivity contribution < 1.29 is 8.42 Å². The van der Waals surface area contributed by atoms with Gasteiger partial charge in [0.05, 0.1) is 17.5 Å². The van der Waals surface area contributed by atoms with Gasteiger partial charge in [-0.05, 0) is 31.0 Å². The summed E-state index contributed by atoms with van der Waals surface area (Å²) in [6.45, 7) is 2.39. The molecule has 0 fully saturated rings. The number of hydrogen-bond acceptors (Lipinski definition) is 3. The van der Waals surface area contributed by atoms with Gasteiger partial charge in [-0.2, -0.15) is 0 Å². The highest BCUT2D eigenvalue weighted by Gasteiger charge is 2.38. The Balaban J connectivity index is 1.75. The van der Waals surface area contributed by atoms with Gasteiger partial charge < -0.3 is 0 Å². The topological polar surface area (TPSA) is 49.7 Å². The maximum absolute atomic E-state index is 13.6. The summed E-state index contributed by atoms with van der Waals surface area (Å²) < 4.78 is 28.7. The number of rotatable bonds is 5. The van der Waals surface area contributed by atoms with E-state index in [1.165, 1.54) is 4.31 Å². The lowest BCUT2D eigenvalue weighted by Crippen LogP contribution is -2.43. The van der Waals surface area contributed by atoms with Crippen LogP contribution in [-0.4, -0.2) is 31.1 Å². The molecule has 0 aromatic heterocycles. The summed E-state index contributed by atoms with van der Waals surface area (Å²) in [5, 5.41) is 0. The first-order chi connectivity index (χ1) is 13.6. The molecule has 0 saturated heterocycles. The third-order valence-electron chi connectivity index (χ3n) is 4.92. The summed E-state index contributed by atoms with van der Waals surface area (Å²) in [6.07, 6.45) is 0.617. The van der Waals surface area contributed by atoms with Gasteiger partial charge in [-0.1, -0.05) is 78.4 Å². The van der Waals surface area contributed by atoms with Gasteiger partial charge in [0.1, 0.15) is 5.84 Å². The molecule has 1 unspecified atom stereocenters. The molecule has 0 aliphatic carbocycles. The Labute approximate surface area is 166 Å². The molecule has 1 aliphatic heterocycles. The van der Waals surface area contributed by atoms with Crippen molar-refractivity contribution in [2.24, 2.45) is 4.99 Å². The van der Waals surface area contributed by atoms with Crippen LogP contribution in [0.25, 0.3) is 0 Å². The van der Waals surface area contributed by atoms with Crippen molar-refractivity contribution in [1.82, 2.24) is 4.31 Å².